The summed E-state index contributed by atoms with van der Waals surface area (Å²) in [7, 11) is 0. The fraction of sp³-hybridized carbons (Fsp3) is 0.667. The van der Waals surface area contributed by atoms with Crippen LogP contribution in [-0.4, -0.2) is 27.8 Å². The van der Waals surface area contributed by atoms with Crippen molar-refractivity contribution in [3.8, 4) is 0 Å². The molecule has 4 heteroatoms. The maximum absolute atomic E-state index is 11.1. The number of pyridine rings is 1. The first-order valence-electron chi connectivity index (χ1n) is 8.32. The molecule has 2 N–H and O–H groups in total. The molecule has 1 aromatic heterocycles. The van der Waals surface area contributed by atoms with Gasteiger partial charge in [-0.1, -0.05) is 6.92 Å². The number of carboxylic acids is 1. The predicted octanol–water partition coefficient (Wildman–Crippen LogP) is 3.07. The summed E-state index contributed by atoms with van der Waals surface area (Å²) in [6.45, 7) is 2.72. The van der Waals surface area contributed by atoms with Gasteiger partial charge in [-0.25, -0.2) is 9.78 Å². The first kappa shape index (κ1) is 14.2. The summed E-state index contributed by atoms with van der Waals surface area (Å²) in [5.74, 6) is 0.970. The van der Waals surface area contributed by atoms with Gasteiger partial charge in [0.25, 0.3) is 0 Å². The highest BCUT2D eigenvalue weighted by Gasteiger charge is 2.80. The third kappa shape index (κ3) is 1.67. The van der Waals surface area contributed by atoms with E-state index in [1.165, 1.54) is 19.3 Å². The molecule has 5 atom stereocenters. The second kappa shape index (κ2) is 4.54. The van der Waals surface area contributed by atoms with E-state index in [2.05, 4.69) is 11.9 Å². The normalized spacial score (nSPS) is 41.5. The third-order valence-corrected chi connectivity index (χ3v) is 7.05. The van der Waals surface area contributed by atoms with Crippen molar-refractivity contribution in [2.45, 2.75) is 44.9 Å². The van der Waals surface area contributed by atoms with Gasteiger partial charge in [-0.3, -0.25) is 0 Å². The van der Waals surface area contributed by atoms with Crippen molar-refractivity contribution in [1.29, 1.82) is 0 Å². The molecule has 3 saturated carbocycles. The number of aromatic carboxylic acids is 1. The van der Waals surface area contributed by atoms with Crippen LogP contribution < -0.4 is 0 Å². The van der Waals surface area contributed by atoms with Crippen molar-refractivity contribution in [3.63, 3.8) is 0 Å². The number of aromatic nitrogens is 1. The molecule has 2 bridgehead atoms. The molecule has 0 spiro atoms. The lowest BCUT2D eigenvalue weighted by atomic mass is 9.70. The Morgan fingerprint density at radius 3 is 2.95 bits per heavy atom. The lowest BCUT2D eigenvalue weighted by molar-refractivity contribution is 0.0690. The average Bonchev–Trinajstić information content (AvgIpc) is 2.95. The van der Waals surface area contributed by atoms with Crippen molar-refractivity contribution in [2.75, 3.05) is 6.61 Å². The average molecular weight is 301 g/mol. The first-order chi connectivity index (χ1) is 10.5. The Labute approximate surface area is 130 Å². The highest BCUT2D eigenvalue weighted by molar-refractivity contribution is 5.85. The fourth-order valence-electron chi connectivity index (χ4n) is 6.01. The Bertz CT molecular complexity index is 631. The van der Waals surface area contributed by atoms with E-state index in [1.54, 1.807) is 12.3 Å². The lowest BCUT2D eigenvalue weighted by Crippen LogP contribution is -2.24. The third-order valence-electron chi connectivity index (χ3n) is 7.05. The van der Waals surface area contributed by atoms with E-state index >= 15 is 0 Å². The molecular formula is C18H23NO3. The van der Waals surface area contributed by atoms with Crippen LogP contribution in [0.2, 0.25) is 0 Å². The summed E-state index contributed by atoms with van der Waals surface area (Å²) in [6, 6.07) is 3.77. The monoisotopic (exact) mass is 301 g/mol. The van der Waals surface area contributed by atoms with Crippen LogP contribution in [0.5, 0.6) is 0 Å². The molecule has 1 aromatic rings. The Hall–Kier alpha value is -1.42. The van der Waals surface area contributed by atoms with E-state index in [0.717, 1.165) is 24.3 Å². The largest absolute Gasteiger partial charge is 0.477 e. The maximum Gasteiger partial charge on any atom is 0.354 e. The molecule has 1 heterocycles. The molecule has 4 nitrogen and oxygen atoms in total. The molecule has 3 fully saturated rings. The number of aliphatic hydroxyl groups is 1. The molecular weight excluding hydrogens is 278 g/mol. The van der Waals surface area contributed by atoms with E-state index in [0.29, 0.717) is 29.3 Å². The van der Waals surface area contributed by atoms with E-state index < -0.39 is 5.97 Å². The van der Waals surface area contributed by atoms with Crippen molar-refractivity contribution in [1.82, 2.24) is 4.98 Å². The quantitative estimate of drug-likeness (QED) is 0.877. The highest BCUT2D eigenvalue weighted by atomic mass is 16.4. The van der Waals surface area contributed by atoms with Crippen molar-refractivity contribution in [3.05, 3.63) is 29.6 Å². The highest BCUT2D eigenvalue weighted by Crippen LogP contribution is 2.88. The summed E-state index contributed by atoms with van der Waals surface area (Å²) in [6.07, 6.45) is 7.46. The van der Waals surface area contributed by atoms with Crippen LogP contribution in [0.1, 0.15) is 61.0 Å². The number of nitrogens with zero attached hydrogens (tertiary/aromatic N) is 1. The number of hydrogen-bond donors (Lipinski definition) is 2. The first-order valence-corrected chi connectivity index (χ1v) is 8.32. The lowest BCUT2D eigenvalue weighted by Gasteiger charge is -2.34. The van der Waals surface area contributed by atoms with Crippen molar-refractivity contribution < 1.29 is 15.0 Å². The maximum atomic E-state index is 11.1. The van der Waals surface area contributed by atoms with Gasteiger partial charge < -0.3 is 10.2 Å². The van der Waals surface area contributed by atoms with E-state index in [9.17, 15) is 4.79 Å². The molecule has 5 unspecified atom stereocenters. The summed E-state index contributed by atoms with van der Waals surface area (Å²) < 4.78 is 0. The van der Waals surface area contributed by atoms with Crippen LogP contribution in [0.4, 0.5) is 0 Å². The molecule has 3 aliphatic rings. The minimum absolute atomic E-state index is 0.161. The Morgan fingerprint density at radius 1 is 1.50 bits per heavy atom. The van der Waals surface area contributed by atoms with Crippen LogP contribution in [-0.2, 0) is 0 Å². The zero-order valence-corrected chi connectivity index (χ0v) is 13.0. The molecule has 0 aliphatic heterocycles. The van der Waals surface area contributed by atoms with Gasteiger partial charge in [0.05, 0.1) is 0 Å². The zero-order valence-electron chi connectivity index (χ0n) is 13.0. The van der Waals surface area contributed by atoms with Gasteiger partial charge in [-0.15, -0.1) is 0 Å². The number of carboxylic acid groups (broad SMARTS) is 1. The Kier molecular flexibility index (Phi) is 2.93. The molecule has 0 saturated heterocycles. The summed E-state index contributed by atoms with van der Waals surface area (Å²) >= 11 is 0. The number of aliphatic hydroxyl groups excluding tert-OH is 1. The van der Waals surface area contributed by atoms with E-state index in [4.69, 9.17) is 10.2 Å². The second-order valence-electron chi connectivity index (χ2n) is 7.75. The smallest absolute Gasteiger partial charge is 0.354 e. The Morgan fingerprint density at radius 2 is 2.32 bits per heavy atom. The summed E-state index contributed by atoms with van der Waals surface area (Å²) in [4.78, 5) is 15.1. The molecule has 118 valence electrons. The van der Waals surface area contributed by atoms with Gasteiger partial charge in [0.2, 0.25) is 0 Å². The number of rotatable bonds is 5. The molecule has 22 heavy (non-hydrogen) atoms. The van der Waals surface area contributed by atoms with Crippen LogP contribution >= 0.6 is 0 Å². The van der Waals surface area contributed by atoms with Crippen LogP contribution in [0.3, 0.4) is 0 Å². The van der Waals surface area contributed by atoms with Gasteiger partial charge in [-0.05, 0) is 78.4 Å². The predicted molar refractivity (Wildman–Crippen MR) is 81.6 cm³/mol. The standard InChI is InChI=1S/C18H23NO3/c1-17-10-18(17)9-13(14(17)8-12(18)3-2-6-20)11-4-5-19-15(7-11)16(21)22/h4-5,7,12-14,20H,2-3,6,8-10H2,1H3,(H,21,22). The fourth-order valence-corrected chi connectivity index (χ4v) is 6.01. The van der Waals surface area contributed by atoms with Gasteiger partial charge in [0.15, 0.2) is 0 Å². The number of carbonyl (C=O) groups is 1. The van der Waals surface area contributed by atoms with Crippen LogP contribution in [0.15, 0.2) is 18.3 Å². The molecule has 3 aliphatic carbocycles. The molecule has 0 amide bonds. The second-order valence-corrected chi connectivity index (χ2v) is 7.75. The van der Waals surface area contributed by atoms with Crippen LogP contribution in [0.25, 0.3) is 0 Å². The Balaban J connectivity index is 1.59. The molecule has 0 aromatic carbocycles. The van der Waals surface area contributed by atoms with Crippen molar-refractivity contribution in [2.24, 2.45) is 22.7 Å². The van der Waals surface area contributed by atoms with Gasteiger partial charge in [0.1, 0.15) is 5.69 Å². The molecule has 4 rings (SSSR count). The topological polar surface area (TPSA) is 70.4 Å². The van der Waals surface area contributed by atoms with Gasteiger partial charge >= 0.3 is 5.97 Å². The zero-order chi connectivity index (χ0) is 15.5. The van der Waals surface area contributed by atoms with Crippen molar-refractivity contribution >= 4 is 5.97 Å². The SMILES string of the molecule is CC12CC13CC(c1ccnc(C(=O)O)c1)C2CC3CCCO. The minimum Gasteiger partial charge on any atom is -0.477 e. The summed E-state index contributed by atoms with van der Waals surface area (Å²) in [5, 5.41) is 18.3. The van der Waals surface area contributed by atoms with E-state index in [1.807, 2.05) is 6.07 Å². The van der Waals surface area contributed by atoms with Crippen LogP contribution in [0, 0.1) is 22.7 Å². The van der Waals surface area contributed by atoms with E-state index in [-0.39, 0.29) is 5.69 Å². The van der Waals surface area contributed by atoms with Gasteiger partial charge in [0, 0.05) is 12.8 Å². The summed E-state index contributed by atoms with van der Waals surface area (Å²) in [5.41, 5.74) is 2.23. The van der Waals surface area contributed by atoms with Gasteiger partial charge in [-0.2, -0.15) is 0 Å². The minimum atomic E-state index is -0.944. The number of hydrogen-bond acceptors (Lipinski definition) is 3. The molecule has 0 radical (unpaired) electrons.